The largest absolute Gasteiger partial charge is 0.341 e. The maximum absolute atomic E-state index is 12.5. The Morgan fingerprint density at radius 1 is 1.03 bits per heavy atom. The molecule has 2 aromatic carbocycles. The van der Waals surface area contributed by atoms with Crippen LogP contribution in [-0.2, 0) is 22.6 Å². The van der Waals surface area contributed by atoms with E-state index in [9.17, 15) is 14.4 Å². The van der Waals surface area contributed by atoms with E-state index in [0.29, 0.717) is 23.1 Å². The van der Waals surface area contributed by atoms with E-state index in [1.54, 1.807) is 30.3 Å². The lowest BCUT2D eigenvalue weighted by atomic mass is 10.1. The number of nitrogens with one attached hydrogen (secondary N) is 1. The Kier molecular flexibility index (Phi) is 6.13. The zero-order valence-electron chi connectivity index (χ0n) is 16.4. The first-order chi connectivity index (χ1) is 14.6. The number of rotatable bonds is 5. The molecule has 1 aromatic heterocycles. The van der Waals surface area contributed by atoms with Gasteiger partial charge in [0, 0.05) is 30.3 Å². The van der Waals surface area contributed by atoms with Crippen molar-refractivity contribution in [1.82, 2.24) is 14.5 Å². The molecule has 1 N–H and O–H groups in total. The third-order valence-electron chi connectivity index (χ3n) is 5.01. The molecule has 1 fully saturated rings. The fraction of sp³-hybridized carbons (Fsp3) is 0.273. The second-order valence-electron chi connectivity index (χ2n) is 7.09. The van der Waals surface area contributed by atoms with E-state index >= 15 is 0 Å². The molecule has 0 aliphatic carbocycles. The van der Waals surface area contributed by atoms with E-state index in [4.69, 9.17) is 0 Å². The predicted molar refractivity (Wildman–Crippen MR) is 119 cm³/mol. The van der Waals surface area contributed by atoms with Gasteiger partial charge in [0.1, 0.15) is 6.54 Å². The van der Waals surface area contributed by atoms with Crippen LogP contribution < -0.4 is 10.9 Å². The van der Waals surface area contributed by atoms with Crippen LogP contribution in [0.5, 0.6) is 0 Å². The Morgan fingerprint density at radius 3 is 2.53 bits per heavy atom. The highest BCUT2D eigenvalue weighted by Gasteiger charge is 2.17. The average Bonchev–Trinajstić information content (AvgIpc) is 2.78. The number of para-hydroxylation sites is 2. The Balaban J connectivity index is 1.39. The van der Waals surface area contributed by atoms with Gasteiger partial charge in [0.2, 0.25) is 11.8 Å². The fourth-order valence-corrected chi connectivity index (χ4v) is 4.33. The van der Waals surface area contributed by atoms with Crippen LogP contribution in [0.4, 0.5) is 5.69 Å². The molecule has 8 heteroatoms. The van der Waals surface area contributed by atoms with Gasteiger partial charge in [-0.05, 0) is 29.8 Å². The molecular weight excluding hydrogens is 400 g/mol. The summed E-state index contributed by atoms with van der Waals surface area (Å²) in [6, 6.07) is 14.5. The van der Waals surface area contributed by atoms with E-state index in [0.717, 1.165) is 30.2 Å². The van der Waals surface area contributed by atoms with Gasteiger partial charge in [0.05, 0.1) is 23.7 Å². The highest BCUT2D eigenvalue weighted by atomic mass is 32.2. The van der Waals surface area contributed by atoms with Crippen molar-refractivity contribution in [2.75, 3.05) is 29.9 Å². The maximum atomic E-state index is 12.5. The zero-order chi connectivity index (χ0) is 20.9. The Hall–Kier alpha value is -3.13. The SMILES string of the molecule is O=C(Cn1c(=O)cnc2ccccc21)Nc1ccc(CC(=O)N2CCSCC2)cc1. The smallest absolute Gasteiger partial charge is 0.269 e. The van der Waals surface area contributed by atoms with Crippen LogP contribution in [-0.4, -0.2) is 50.9 Å². The molecule has 0 saturated carbocycles. The Bertz CT molecular complexity index is 1120. The maximum Gasteiger partial charge on any atom is 0.269 e. The topological polar surface area (TPSA) is 84.3 Å². The number of carbonyl (C=O) groups excluding carboxylic acids is 2. The van der Waals surface area contributed by atoms with Crippen molar-refractivity contribution < 1.29 is 9.59 Å². The molecule has 154 valence electrons. The van der Waals surface area contributed by atoms with Crippen LogP contribution in [0.1, 0.15) is 5.56 Å². The number of nitrogens with zero attached hydrogens (tertiary/aromatic N) is 3. The van der Waals surface area contributed by atoms with Crippen molar-refractivity contribution in [1.29, 1.82) is 0 Å². The summed E-state index contributed by atoms with van der Waals surface area (Å²) in [5, 5.41) is 2.81. The van der Waals surface area contributed by atoms with Crippen LogP contribution in [0.15, 0.2) is 59.5 Å². The molecule has 2 heterocycles. The summed E-state index contributed by atoms with van der Waals surface area (Å²) in [5.74, 6) is 1.82. The molecular formula is C22H22N4O3S. The van der Waals surface area contributed by atoms with Crippen LogP contribution in [0, 0.1) is 0 Å². The van der Waals surface area contributed by atoms with E-state index in [2.05, 4.69) is 10.3 Å². The molecule has 1 aliphatic rings. The predicted octanol–water partition coefficient (Wildman–Crippen LogP) is 2.15. The van der Waals surface area contributed by atoms with Crippen molar-refractivity contribution >= 4 is 40.3 Å². The lowest BCUT2D eigenvalue weighted by Crippen LogP contribution is -2.38. The Labute approximate surface area is 178 Å². The van der Waals surface area contributed by atoms with Crippen molar-refractivity contribution in [2.24, 2.45) is 0 Å². The summed E-state index contributed by atoms with van der Waals surface area (Å²) >= 11 is 1.87. The third kappa shape index (κ3) is 4.71. The standard InChI is InChI=1S/C22H22N4O3S/c27-20(15-26-19-4-2-1-3-18(19)23-14-22(26)29)24-17-7-5-16(6-8-17)13-21(28)25-9-11-30-12-10-25/h1-8,14H,9-13,15H2,(H,24,27). The van der Waals surface area contributed by atoms with Gasteiger partial charge >= 0.3 is 0 Å². The quantitative estimate of drug-likeness (QED) is 0.681. The second kappa shape index (κ2) is 9.13. The number of carbonyl (C=O) groups is 2. The first-order valence-electron chi connectivity index (χ1n) is 9.79. The average molecular weight is 423 g/mol. The van der Waals surface area contributed by atoms with E-state index < -0.39 is 0 Å². The summed E-state index contributed by atoms with van der Waals surface area (Å²) in [4.78, 5) is 43.1. The number of hydrogen-bond donors (Lipinski definition) is 1. The van der Waals surface area contributed by atoms with Crippen LogP contribution in [0.25, 0.3) is 11.0 Å². The van der Waals surface area contributed by atoms with E-state index in [-0.39, 0.29) is 23.9 Å². The lowest BCUT2D eigenvalue weighted by Gasteiger charge is -2.26. The molecule has 0 atom stereocenters. The lowest BCUT2D eigenvalue weighted by molar-refractivity contribution is -0.130. The van der Waals surface area contributed by atoms with Crippen molar-refractivity contribution in [3.05, 3.63) is 70.6 Å². The summed E-state index contributed by atoms with van der Waals surface area (Å²) in [6.45, 7) is 1.51. The molecule has 0 spiro atoms. The summed E-state index contributed by atoms with van der Waals surface area (Å²) in [5.41, 5.74) is 2.48. The summed E-state index contributed by atoms with van der Waals surface area (Å²) in [7, 11) is 0. The molecule has 0 unspecified atom stereocenters. The van der Waals surface area contributed by atoms with Gasteiger partial charge in [-0.2, -0.15) is 11.8 Å². The van der Waals surface area contributed by atoms with Gasteiger partial charge in [-0.3, -0.25) is 19.0 Å². The number of thioether (sulfide) groups is 1. The zero-order valence-corrected chi connectivity index (χ0v) is 17.2. The molecule has 0 radical (unpaired) electrons. The molecule has 3 aromatic rings. The molecule has 30 heavy (non-hydrogen) atoms. The third-order valence-corrected chi connectivity index (χ3v) is 5.95. The highest BCUT2D eigenvalue weighted by Crippen LogP contribution is 2.14. The van der Waals surface area contributed by atoms with Crippen LogP contribution >= 0.6 is 11.8 Å². The molecule has 0 bridgehead atoms. The minimum Gasteiger partial charge on any atom is -0.341 e. The first kappa shape index (κ1) is 20.2. The molecule has 1 aliphatic heterocycles. The molecule has 2 amide bonds. The van der Waals surface area contributed by atoms with E-state index in [1.807, 2.05) is 34.9 Å². The first-order valence-corrected chi connectivity index (χ1v) is 10.9. The van der Waals surface area contributed by atoms with Gasteiger partial charge < -0.3 is 10.2 Å². The highest BCUT2D eigenvalue weighted by molar-refractivity contribution is 7.99. The van der Waals surface area contributed by atoms with E-state index in [1.165, 1.54) is 10.8 Å². The van der Waals surface area contributed by atoms with Gasteiger partial charge in [0.25, 0.3) is 5.56 Å². The Morgan fingerprint density at radius 2 is 1.77 bits per heavy atom. The molecule has 4 rings (SSSR count). The van der Waals surface area contributed by atoms with Crippen molar-refractivity contribution in [3.63, 3.8) is 0 Å². The molecule has 7 nitrogen and oxygen atoms in total. The number of aromatic nitrogens is 2. The van der Waals surface area contributed by atoms with Crippen LogP contribution in [0.3, 0.4) is 0 Å². The number of anilines is 1. The monoisotopic (exact) mass is 422 g/mol. The van der Waals surface area contributed by atoms with Crippen molar-refractivity contribution in [3.8, 4) is 0 Å². The number of hydrogen-bond acceptors (Lipinski definition) is 5. The van der Waals surface area contributed by atoms with Crippen molar-refractivity contribution in [2.45, 2.75) is 13.0 Å². The van der Waals surface area contributed by atoms with Gasteiger partial charge in [-0.25, -0.2) is 4.98 Å². The summed E-state index contributed by atoms with van der Waals surface area (Å²) < 4.78 is 1.40. The second-order valence-corrected chi connectivity index (χ2v) is 8.31. The van der Waals surface area contributed by atoms with Crippen LogP contribution in [0.2, 0.25) is 0 Å². The van der Waals surface area contributed by atoms with Gasteiger partial charge in [-0.15, -0.1) is 0 Å². The normalized spacial score (nSPS) is 13.9. The fourth-order valence-electron chi connectivity index (χ4n) is 3.43. The number of benzene rings is 2. The van der Waals surface area contributed by atoms with Gasteiger partial charge in [0.15, 0.2) is 0 Å². The minimum absolute atomic E-state index is 0.102. The minimum atomic E-state index is -0.325. The summed E-state index contributed by atoms with van der Waals surface area (Å²) in [6.07, 6.45) is 1.58. The number of fused-ring (bicyclic) bond motifs is 1. The number of amides is 2. The molecule has 1 saturated heterocycles. The van der Waals surface area contributed by atoms with Gasteiger partial charge in [-0.1, -0.05) is 24.3 Å².